The van der Waals surface area contributed by atoms with Gasteiger partial charge in [-0.3, -0.25) is 19.5 Å². The van der Waals surface area contributed by atoms with Gasteiger partial charge in [0.2, 0.25) is 11.9 Å². The summed E-state index contributed by atoms with van der Waals surface area (Å²) in [6, 6.07) is 1.40. The van der Waals surface area contributed by atoms with Crippen LogP contribution >= 0.6 is 0 Å². The number of carbonyl (C=O) groups is 1. The number of amides is 1. The van der Waals surface area contributed by atoms with Crippen LogP contribution in [-0.4, -0.2) is 22.4 Å². The van der Waals surface area contributed by atoms with Gasteiger partial charge < -0.3 is 0 Å². The highest BCUT2D eigenvalue weighted by Crippen LogP contribution is 2.21. The van der Waals surface area contributed by atoms with Gasteiger partial charge in [-0.05, 0) is 6.92 Å². The second kappa shape index (κ2) is 3.92. The molecule has 0 saturated carbocycles. The minimum absolute atomic E-state index is 0.0290. The number of nitrogens with zero attached hydrogens (tertiary/aromatic N) is 2. The molecule has 1 amide bonds. The molecule has 1 aliphatic heterocycles. The number of anilines is 1. The van der Waals surface area contributed by atoms with Crippen molar-refractivity contribution in [1.82, 2.24) is 9.97 Å². The van der Waals surface area contributed by atoms with E-state index in [1.807, 2.05) is 0 Å². The number of hydrogen-bond donors (Lipinski definition) is 1. The highest BCUT2D eigenvalue weighted by Gasteiger charge is 2.30. The smallest absolute Gasteiger partial charge is 0.252 e. The van der Waals surface area contributed by atoms with Crippen LogP contribution in [-0.2, 0) is 4.79 Å². The molecule has 1 N–H and O–H groups in total. The monoisotopic (exact) mass is 219 g/mol. The fourth-order valence-electron chi connectivity index (χ4n) is 1.79. The average Bonchev–Trinajstić information content (AvgIpc) is 2.58. The first-order valence-electron chi connectivity index (χ1n) is 5.11. The van der Waals surface area contributed by atoms with E-state index >= 15 is 0 Å². The summed E-state index contributed by atoms with van der Waals surface area (Å²) >= 11 is 0. The maximum atomic E-state index is 11.7. The fraction of sp³-hybridized carbons (Fsp3) is 0.364. The largest absolute Gasteiger partial charge is 0.292 e. The van der Waals surface area contributed by atoms with Gasteiger partial charge in [0, 0.05) is 30.6 Å². The Hall–Kier alpha value is -1.91. The normalized spacial score (nSPS) is 20.2. The van der Waals surface area contributed by atoms with Gasteiger partial charge in [-0.25, -0.2) is 4.98 Å². The van der Waals surface area contributed by atoms with Crippen LogP contribution in [0.3, 0.4) is 0 Å². The van der Waals surface area contributed by atoms with Crippen LogP contribution < -0.4 is 10.5 Å². The predicted molar refractivity (Wildman–Crippen MR) is 60.3 cm³/mol. The summed E-state index contributed by atoms with van der Waals surface area (Å²) in [5.74, 6) is 0.441. The molecule has 0 spiro atoms. The summed E-state index contributed by atoms with van der Waals surface area (Å²) in [5, 5.41) is 0. The number of hydrogen-bond acceptors (Lipinski definition) is 3. The van der Waals surface area contributed by atoms with Gasteiger partial charge in [0.1, 0.15) is 0 Å². The highest BCUT2D eigenvalue weighted by molar-refractivity contribution is 5.94. The van der Waals surface area contributed by atoms with E-state index in [9.17, 15) is 9.59 Å². The minimum atomic E-state index is -0.239. The summed E-state index contributed by atoms with van der Waals surface area (Å²) in [6.07, 6.45) is 2.19. The molecule has 1 aromatic heterocycles. The van der Waals surface area contributed by atoms with E-state index in [4.69, 9.17) is 0 Å². The number of aromatic amines is 1. The molecule has 1 saturated heterocycles. The molecule has 1 atom stereocenters. The van der Waals surface area contributed by atoms with Crippen molar-refractivity contribution in [2.75, 3.05) is 11.4 Å². The van der Waals surface area contributed by atoms with E-state index in [1.54, 1.807) is 13.0 Å². The lowest BCUT2D eigenvalue weighted by atomic mass is 10.1. The molecular weight excluding hydrogens is 206 g/mol. The molecule has 1 aromatic rings. The van der Waals surface area contributed by atoms with Crippen LogP contribution in [0.15, 0.2) is 23.5 Å². The maximum Gasteiger partial charge on any atom is 0.252 e. The molecule has 0 aliphatic carbocycles. The minimum Gasteiger partial charge on any atom is -0.292 e. The number of H-pyrrole nitrogens is 1. The first kappa shape index (κ1) is 10.6. The molecule has 1 fully saturated rings. The zero-order chi connectivity index (χ0) is 11.7. The van der Waals surface area contributed by atoms with Crippen LogP contribution in [0.5, 0.6) is 0 Å². The van der Waals surface area contributed by atoms with Crippen molar-refractivity contribution in [3.05, 3.63) is 34.8 Å². The molecule has 5 heteroatoms. The average molecular weight is 219 g/mol. The quantitative estimate of drug-likeness (QED) is 0.741. The van der Waals surface area contributed by atoms with Gasteiger partial charge in [0.15, 0.2) is 0 Å². The molecule has 16 heavy (non-hydrogen) atoms. The third-order valence-electron chi connectivity index (χ3n) is 2.60. The zero-order valence-corrected chi connectivity index (χ0v) is 9.06. The number of aryl methyl sites for hydroxylation is 1. The van der Waals surface area contributed by atoms with E-state index < -0.39 is 0 Å². The lowest BCUT2D eigenvalue weighted by Crippen LogP contribution is -2.28. The van der Waals surface area contributed by atoms with E-state index in [2.05, 4.69) is 16.5 Å². The summed E-state index contributed by atoms with van der Waals surface area (Å²) in [7, 11) is 0. The SMILES string of the molecule is C=CC1CC(=O)N(c2nc(C)cc(=O)[nH]2)C1. The summed E-state index contributed by atoms with van der Waals surface area (Å²) < 4.78 is 0. The van der Waals surface area contributed by atoms with Crippen LogP contribution in [0.4, 0.5) is 5.95 Å². The van der Waals surface area contributed by atoms with Gasteiger partial charge in [-0.15, -0.1) is 6.58 Å². The summed E-state index contributed by atoms with van der Waals surface area (Å²) in [4.78, 5) is 31.2. The van der Waals surface area contributed by atoms with Gasteiger partial charge in [-0.1, -0.05) is 6.08 Å². The van der Waals surface area contributed by atoms with Crippen molar-refractivity contribution in [2.45, 2.75) is 13.3 Å². The third-order valence-corrected chi connectivity index (χ3v) is 2.60. The van der Waals surface area contributed by atoms with Crippen molar-refractivity contribution < 1.29 is 4.79 Å². The van der Waals surface area contributed by atoms with Gasteiger partial charge >= 0.3 is 0 Å². The molecule has 1 unspecified atom stereocenters. The van der Waals surface area contributed by atoms with Crippen LogP contribution in [0.2, 0.25) is 0 Å². The first-order chi connectivity index (χ1) is 7.60. The first-order valence-corrected chi connectivity index (χ1v) is 5.11. The van der Waals surface area contributed by atoms with Gasteiger partial charge in [0.25, 0.3) is 5.56 Å². The molecule has 0 radical (unpaired) electrons. The van der Waals surface area contributed by atoms with Crippen molar-refractivity contribution >= 4 is 11.9 Å². The van der Waals surface area contributed by atoms with Gasteiger partial charge in [-0.2, -0.15) is 0 Å². The molecular formula is C11H13N3O2. The van der Waals surface area contributed by atoms with Crippen molar-refractivity contribution in [2.24, 2.45) is 5.92 Å². The van der Waals surface area contributed by atoms with Crippen LogP contribution in [0, 0.1) is 12.8 Å². The lowest BCUT2D eigenvalue weighted by Gasteiger charge is -2.14. The van der Waals surface area contributed by atoms with E-state index in [-0.39, 0.29) is 17.4 Å². The Bertz CT molecular complexity index is 492. The number of aromatic nitrogens is 2. The molecule has 2 heterocycles. The standard InChI is InChI=1S/C11H13N3O2/c1-3-8-5-10(16)14(6-8)11-12-7(2)4-9(15)13-11/h3-4,8H,1,5-6H2,2H3,(H,12,13,15). The number of carbonyl (C=O) groups excluding carboxylic acids is 1. The molecule has 5 nitrogen and oxygen atoms in total. The Kier molecular flexibility index (Phi) is 2.60. The van der Waals surface area contributed by atoms with Crippen LogP contribution in [0.25, 0.3) is 0 Å². The topological polar surface area (TPSA) is 66.1 Å². The Balaban J connectivity index is 2.34. The second-order valence-corrected chi connectivity index (χ2v) is 3.91. The van der Waals surface area contributed by atoms with E-state index in [0.717, 1.165) is 0 Å². The molecule has 2 rings (SSSR count). The van der Waals surface area contributed by atoms with E-state index in [0.29, 0.717) is 24.6 Å². The van der Waals surface area contributed by atoms with Crippen LogP contribution in [0.1, 0.15) is 12.1 Å². The van der Waals surface area contributed by atoms with Crippen molar-refractivity contribution in [3.63, 3.8) is 0 Å². The third kappa shape index (κ3) is 1.88. The highest BCUT2D eigenvalue weighted by atomic mass is 16.2. The number of nitrogens with one attached hydrogen (secondary N) is 1. The molecule has 0 aromatic carbocycles. The Morgan fingerprint density at radius 2 is 2.38 bits per heavy atom. The molecule has 84 valence electrons. The van der Waals surface area contributed by atoms with Crippen molar-refractivity contribution in [3.8, 4) is 0 Å². The number of rotatable bonds is 2. The summed E-state index contributed by atoms with van der Waals surface area (Å²) in [5.41, 5.74) is 0.367. The zero-order valence-electron chi connectivity index (χ0n) is 9.06. The molecule has 1 aliphatic rings. The van der Waals surface area contributed by atoms with Crippen molar-refractivity contribution in [1.29, 1.82) is 0 Å². The molecule has 0 bridgehead atoms. The lowest BCUT2D eigenvalue weighted by molar-refractivity contribution is -0.117. The van der Waals surface area contributed by atoms with E-state index in [1.165, 1.54) is 11.0 Å². The Labute approximate surface area is 92.8 Å². The Morgan fingerprint density at radius 1 is 1.62 bits per heavy atom. The second-order valence-electron chi connectivity index (χ2n) is 3.91. The predicted octanol–water partition coefficient (Wildman–Crippen LogP) is 0.617. The maximum absolute atomic E-state index is 11.7. The fourth-order valence-corrected chi connectivity index (χ4v) is 1.79. The summed E-state index contributed by atoms with van der Waals surface area (Å²) in [6.45, 7) is 5.93. The Morgan fingerprint density at radius 3 is 2.94 bits per heavy atom. The van der Waals surface area contributed by atoms with Gasteiger partial charge in [0.05, 0.1) is 0 Å².